The molecule has 0 saturated heterocycles. The third-order valence-electron chi connectivity index (χ3n) is 5.53. The van der Waals surface area contributed by atoms with Crippen LogP contribution in [-0.4, -0.2) is 36.4 Å². The fraction of sp³-hybridized carbons (Fsp3) is 0.227. The maximum Gasteiger partial charge on any atom is 0.416 e. The highest BCUT2D eigenvalue weighted by Gasteiger charge is 2.35. The number of nitrogens with zero attached hydrogens (tertiary/aromatic N) is 3. The van der Waals surface area contributed by atoms with E-state index in [4.69, 9.17) is 5.14 Å². The molecule has 1 aliphatic heterocycles. The van der Waals surface area contributed by atoms with Crippen LogP contribution >= 0.6 is 0 Å². The molecule has 0 bridgehead atoms. The Kier molecular flexibility index (Phi) is 5.82. The van der Waals surface area contributed by atoms with Crippen molar-refractivity contribution in [2.75, 3.05) is 11.4 Å². The summed E-state index contributed by atoms with van der Waals surface area (Å²) in [5.41, 5.74) is 0.0266. The van der Waals surface area contributed by atoms with Crippen molar-refractivity contribution in [3.8, 4) is 0 Å². The van der Waals surface area contributed by atoms with E-state index in [0.29, 0.717) is 5.56 Å². The number of rotatable bonds is 5. The number of aromatic nitrogens is 2. The summed E-state index contributed by atoms with van der Waals surface area (Å²) in [5.74, 6) is -0.954. The van der Waals surface area contributed by atoms with Crippen LogP contribution in [0.4, 0.5) is 18.9 Å². The van der Waals surface area contributed by atoms with Gasteiger partial charge in [0.1, 0.15) is 5.69 Å². The number of carbonyl (C=O) groups is 2. The van der Waals surface area contributed by atoms with Gasteiger partial charge in [-0.05, 0) is 43.3 Å². The Labute approximate surface area is 192 Å². The number of Topliss-reactive ketones (excluding diaryl/α,β-unsaturated/α-hetero) is 1. The van der Waals surface area contributed by atoms with Gasteiger partial charge < -0.3 is 4.90 Å². The number of fused-ring (bicyclic) bond motifs is 1. The second-order valence-electron chi connectivity index (χ2n) is 7.95. The molecule has 0 fully saturated rings. The van der Waals surface area contributed by atoms with Crippen molar-refractivity contribution in [2.45, 2.75) is 30.5 Å². The van der Waals surface area contributed by atoms with Crippen molar-refractivity contribution in [3.63, 3.8) is 0 Å². The van der Waals surface area contributed by atoms with Crippen LogP contribution in [0.5, 0.6) is 0 Å². The molecule has 8 nitrogen and oxygen atoms in total. The van der Waals surface area contributed by atoms with Gasteiger partial charge >= 0.3 is 6.18 Å². The highest BCUT2D eigenvalue weighted by atomic mass is 32.2. The van der Waals surface area contributed by atoms with Gasteiger partial charge in [-0.25, -0.2) is 13.6 Å². The van der Waals surface area contributed by atoms with E-state index in [9.17, 15) is 31.2 Å². The number of halogens is 3. The number of alkyl halides is 3. The third kappa shape index (κ3) is 4.46. The highest BCUT2D eigenvalue weighted by molar-refractivity contribution is 7.89. The van der Waals surface area contributed by atoms with Gasteiger partial charge in [0.2, 0.25) is 10.0 Å². The lowest BCUT2D eigenvalue weighted by atomic mass is 10.0. The summed E-state index contributed by atoms with van der Waals surface area (Å²) in [5, 5.41) is 9.34. The van der Waals surface area contributed by atoms with Gasteiger partial charge in [-0.3, -0.25) is 14.3 Å². The van der Waals surface area contributed by atoms with Gasteiger partial charge in [0.15, 0.2) is 5.78 Å². The van der Waals surface area contributed by atoms with Gasteiger partial charge in [-0.1, -0.05) is 12.1 Å². The number of amides is 1. The summed E-state index contributed by atoms with van der Waals surface area (Å²) < 4.78 is 63.3. The third-order valence-corrected chi connectivity index (χ3v) is 6.44. The fourth-order valence-electron chi connectivity index (χ4n) is 3.82. The predicted octanol–water partition coefficient (Wildman–Crippen LogP) is 3.20. The van der Waals surface area contributed by atoms with Crippen molar-refractivity contribution in [1.82, 2.24) is 9.78 Å². The first-order valence-electron chi connectivity index (χ1n) is 10.1. The van der Waals surface area contributed by atoms with E-state index in [-0.39, 0.29) is 40.8 Å². The first-order valence-corrected chi connectivity index (χ1v) is 11.6. The van der Waals surface area contributed by atoms with Gasteiger partial charge in [0.05, 0.1) is 22.7 Å². The first kappa shape index (κ1) is 23.6. The molecule has 1 amide bonds. The van der Waals surface area contributed by atoms with Gasteiger partial charge in [-0.2, -0.15) is 18.3 Å². The summed E-state index contributed by atoms with van der Waals surface area (Å²) in [6.07, 6.45) is -3.34. The van der Waals surface area contributed by atoms with E-state index >= 15 is 0 Å². The van der Waals surface area contributed by atoms with Crippen LogP contribution in [0.1, 0.15) is 44.9 Å². The zero-order valence-corrected chi connectivity index (χ0v) is 18.6. The molecular formula is C22H19F3N4O4S. The molecule has 34 heavy (non-hydrogen) atoms. The lowest BCUT2D eigenvalue weighted by molar-refractivity contribution is -0.137. The van der Waals surface area contributed by atoms with E-state index < -0.39 is 33.5 Å². The van der Waals surface area contributed by atoms with E-state index in [1.54, 1.807) is 6.92 Å². The van der Waals surface area contributed by atoms with E-state index in [2.05, 4.69) is 5.10 Å². The van der Waals surface area contributed by atoms with E-state index in [1.165, 1.54) is 46.1 Å². The normalized spacial score (nSPS) is 16.4. The Morgan fingerprint density at radius 1 is 1.18 bits per heavy atom. The minimum absolute atomic E-state index is 0.0994. The van der Waals surface area contributed by atoms with Gasteiger partial charge in [0.25, 0.3) is 5.91 Å². The largest absolute Gasteiger partial charge is 0.416 e. The summed E-state index contributed by atoms with van der Waals surface area (Å²) in [6, 6.07) is 9.21. The number of hydrogen-bond donors (Lipinski definition) is 1. The molecular weight excluding hydrogens is 473 g/mol. The molecule has 1 atom stereocenters. The lowest BCUT2D eigenvalue weighted by Gasteiger charge is -2.32. The predicted molar refractivity (Wildman–Crippen MR) is 116 cm³/mol. The van der Waals surface area contributed by atoms with Crippen molar-refractivity contribution in [2.24, 2.45) is 5.14 Å². The molecule has 0 radical (unpaired) electrons. The summed E-state index contributed by atoms with van der Waals surface area (Å²) in [4.78, 5) is 27.2. The number of primary sulfonamides is 1. The fourth-order valence-corrected chi connectivity index (χ4v) is 4.38. The minimum atomic E-state index is -4.50. The molecule has 3 aromatic rings. The molecule has 0 spiro atoms. The van der Waals surface area contributed by atoms with Crippen molar-refractivity contribution in [1.29, 1.82) is 0 Å². The zero-order chi connectivity index (χ0) is 24.8. The number of hydrogen-bond acceptors (Lipinski definition) is 5. The molecule has 12 heteroatoms. The molecule has 178 valence electrons. The Bertz CT molecular complexity index is 1380. The lowest BCUT2D eigenvalue weighted by Crippen LogP contribution is -2.43. The second-order valence-corrected chi connectivity index (χ2v) is 9.51. The molecule has 2 N–H and O–H groups in total. The molecule has 4 rings (SSSR count). The Hall–Kier alpha value is -3.51. The number of benzene rings is 2. The Balaban J connectivity index is 1.63. The minimum Gasteiger partial charge on any atom is -0.305 e. The summed E-state index contributed by atoms with van der Waals surface area (Å²) in [6.45, 7) is 1.98. The zero-order valence-electron chi connectivity index (χ0n) is 17.8. The molecule has 1 aliphatic rings. The molecule has 0 unspecified atom stereocenters. The van der Waals surface area contributed by atoms with Crippen LogP contribution in [0.25, 0.3) is 0 Å². The van der Waals surface area contributed by atoms with Gasteiger partial charge in [-0.15, -0.1) is 0 Å². The maximum atomic E-state index is 13.3. The summed E-state index contributed by atoms with van der Waals surface area (Å²) in [7, 11) is -4.00. The number of nitrogens with two attached hydrogens (primary N) is 1. The smallest absolute Gasteiger partial charge is 0.305 e. The molecule has 0 aliphatic carbocycles. The van der Waals surface area contributed by atoms with Crippen LogP contribution in [0, 0.1) is 0 Å². The Morgan fingerprint density at radius 2 is 1.85 bits per heavy atom. The van der Waals surface area contributed by atoms with E-state index in [0.717, 1.165) is 18.2 Å². The first-order chi connectivity index (χ1) is 15.9. The van der Waals surface area contributed by atoms with Crippen molar-refractivity contribution in [3.05, 3.63) is 77.1 Å². The quantitative estimate of drug-likeness (QED) is 0.550. The van der Waals surface area contributed by atoms with Gasteiger partial charge in [0, 0.05) is 29.8 Å². The standard InChI is InChI=1S/C22H19F3N4O4S/c1-13-12-28(17-7-5-16(6-8-17)22(23,24)25)21(31)20-15(11-27-29(13)20)10-19(30)14-3-2-4-18(9-14)34(26,32)33/h2-9,11,13H,10,12H2,1H3,(H2,26,32,33)/t13-/m0/s1. The van der Waals surface area contributed by atoms with Crippen LogP contribution in [0.15, 0.2) is 59.6 Å². The Morgan fingerprint density at radius 3 is 2.47 bits per heavy atom. The molecule has 1 aromatic heterocycles. The average Bonchev–Trinajstić information content (AvgIpc) is 3.20. The number of anilines is 1. The SMILES string of the molecule is C[C@H]1CN(c2ccc(C(F)(F)F)cc2)C(=O)c2c(CC(=O)c3cccc(S(N)(=O)=O)c3)cnn21. The van der Waals surface area contributed by atoms with Crippen LogP contribution in [0.3, 0.4) is 0 Å². The van der Waals surface area contributed by atoms with Crippen molar-refractivity contribution < 1.29 is 31.2 Å². The number of sulfonamides is 1. The van der Waals surface area contributed by atoms with E-state index in [1.807, 2.05) is 0 Å². The second kappa shape index (κ2) is 8.37. The highest BCUT2D eigenvalue weighted by Crippen LogP contribution is 2.33. The maximum absolute atomic E-state index is 13.3. The van der Waals surface area contributed by atoms with Crippen LogP contribution in [0.2, 0.25) is 0 Å². The number of ketones is 1. The summed E-state index contributed by atoms with van der Waals surface area (Å²) >= 11 is 0. The topological polar surface area (TPSA) is 115 Å². The van der Waals surface area contributed by atoms with Crippen LogP contribution in [-0.2, 0) is 22.6 Å². The number of carbonyl (C=O) groups excluding carboxylic acids is 2. The molecule has 2 aromatic carbocycles. The average molecular weight is 492 g/mol. The van der Waals surface area contributed by atoms with Crippen LogP contribution < -0.4 is 10.0 Å². The molecule has 0 saturated carbocycles. The monoisotopic (exact) mass is 492 g/mol. The van der Waals surface area contributed by atoms with Crippen molar-refractivity contribution >= 4 is 27.4 Å². The molecule has 2 heterocycles.